The van der Waals surface area contributed by atoms with E-state index in [-0.39, 0.29) is 24.3 Å². The van der Waals surface area contributed by atoms with E-state index >= 15 is 0 Å². The van der Waals surface area contributed by atoms with Gasteiger partial charge in [-0.2, -0.15) is 0 Å². The van der Waals surface area contributed by atoms with E-state index < -0.39 is 0 Å². The van der Waals surface area contributed by atoms with Crippen molar-refractivity contribution < 1.29 is 14.3 Å². The summed E-state index contributed by atoms with van der Waals surface area (Å²) in [7, 11) is 1.60. The Kier molecular flexibility index (Phi) is 7.00. The number of pyridine rings is 1. The number of hydrogen-bond donors (Lipinski definition) is 2. The molecule has 28 heavy (non-hydrogen) atoms. The standard InChI is InChI=1S/C20H23BrN4O3/c1-28-17-7-5-16(6-8-17)23-19(26)13-25-10-2-3-14(12-25)20(27)24-18-9-4-15(21)11-22-18/h4-9,11,14H,2-3,10,12-13H2,1H3,(H,23,26)(H,22,24,27). The molecular formula is C20H23BrN4O3. The summed E-state index contributed by atoms with van der Waals surface area (Å²) in [6, 6.07) is 10.8. The number of hydrogen-bond acceptors (Lipinski definition) is 5. The molecule has 1 aromatic heterocycles. The number of ether oxygens (including phenoxy) is 1. The molecule has 2 heterocycles. The van der Waals surface area contributed by atoms with Crippen molar-refractivity contribution in [3.8, 4) is 5.75 Å². The largest absolute Gasteiger partial charge is 0.497 e. The van der Waals surface area contributed by atoms with Crippen LogP contribution in [0.2, 0.25) is 0 Å². The first-order chi connectivity index (χ1) is 13.5. The third-order valence-corrected chi connectivity index (χ3v) is 5.07. The van der Waals surface area contributed by atoms with Gasteiger partial charge in [-0.3, -0.25) is 14.5 Å². The molecule has 2 aromatic rings. The number of amides is 2. The number of anilines is 2. The molecule has 7 nitrogen and oxygen atoms in total. The maximum atomic E-state index is 12.5. The summed E-state index contributed by atoms with van der Waals surface area (Å²) >= 11 is 3.32. The second-order valence-electron chi connectivity index (χ2n) is 6.70. The fourth-order valence-electron chi connectivity index (χ4n) is 3.17. The van der Waals surface area contributed by atoms with Crippen molar-refractivity contribution >= 4 is 39.2 Å². The minimum atomic E-state index is -0.159. The lowest BCUT2D eigenvalue weighted by atomic mass is 9.97. The van der Waals surface area contributed by atoms with E-state index in [4.69, 9.17) is 4.74 Å². The van der Waals surface area contributed by atoms with Crippen molar-refractivity contribution in [2.24, 2.45) is 5.92 Å². The summed E-state index contributed by atoms with van der Waals surface area (Å²) in [5, 5.41) is 5.73. The van der Waals surface area contributed by atoms with Gasteiger partial charge in [-0.25, -0.2) is 4.98 Å². The molecule has 1 saturated heterocycles. The number of nitrogens with one attached hydrogen (secondary N) is 2. The van der Waals surface area contributed by atoms with Gasteiger partial charge in [0.15, 0.2) is 0 Å². The Balaban J connectivity index is 1.50. The Morgan fingerprint density at radius 3 is 2.68 bits per heavy atom. The van der Waals surface area contributed by atoms with Crippen LogP contribution in [-0.2, 0) is 9.59 Å². The first-order valence-corrected chi connectivity index (χ1v) is 9.91. The van der Waals surface area contributed by atoms with Gasteiger partial charge in [-0.15, -0.1) is 0 Å². The summed E-state index contributed by atoms with van der Waals surface area (Å²) in [6.07, 6.45) is 3.33. The number of rotatable bonds is 6. The summed E-state index contributed by atoms with van der Waals surface area (Å²) in [5.74, 6) is 0.953. The number of piperidine rings is 1. The molecule has 0 aliphatic carbocycles. The Labute approximate surface area is 172 Å². The van der Waals surface area contributed by atoms with Gasteiger partial charge < -0.3 is 15.4 Å². The summed E-state index contributed by atoms with van der Waals surface area (Å²) in [5.41, 5.74) is 0.721. The van der Waals surface area contributed by atoms with Gasteiger partial charge in [0.2, 0.25) is 11.8 Å². The van der Waals surface area contributed by atoms with Gasteiger partial charge in [0.1, 0.15) is 11.6 Å². The summed E-state index contributed by atoms with van der Waals surface area (Å²) in [4.78, 5) is 31.1. The predicted octanol–water partition coefficient (Wildman–Crippen LogP) is 3.14. The van der Waals surface area contributed by atoms with Crippen molar-refractivity contribution in [3.63, 3.8) is 0 Å². The van der Waals surface area contributed by atoms with Gasteiger partial charge in [-0.05, 0) is 71.7 Å². The highest BCUT2D eigenvalue weighted by molar-refractivity contribution is 9.10. The zero-order chi connectivity index (χ0) is 19.9. The van der Waals surface area contributed by atoms with Gasteiger partial charge in [0, 0.05) is 22.9 Å². The lowest BCUT2D eigenvalue weighted by Gasteiger charge is -2.31. The van der Waals surface area contributed by atoms with Crippen LogP contribution in [0.15, 0.2) is 47.1 Å². The summed E-state index contributed by atoms with van der Waals surface area (Å²) < 4.78 is 5.97. The second kappa shape index (κ2) is 9.66. The highest BCUT2D eigenvalue weighted by atomic mass is 79.9. The molecule has 1 aromatic carbocycles. The number of aromatic nitrogens is 1. The van der Waals surface area contributed by atoms with Crippen LogP contribution in [0.3, 0.4) is 0 Å². The van der Waals surface area contributed by atoms with Crippen LogP contribution in [-0.4, -0.2) is 48.4 Å². The summed E-state index contributed by atoms with van der Waals surface area (Å²) in [6.45, 7) is 1.61. The zero-order valence-electron chi connectivity index (χ0n) is 15.7. The molecule has 1 atom stereocenters. The highest BCUT2D eigenvalue weighted by Crippen LogP contribution is 2.19. The number of nitrogens with zero attached hydrogens (tertiary/aromatic N) is 2. The van der Waals surface area contributed by atoms with Crippen molar-refractivity contribution in [2.45, 2.75) is 12.8 Å². The first-order valence-electron chi connectivity index (χ1n) is 9.12. The smallest absolute Gasteiger partial charge is 0.238 e. The minimum absolute atomic E-state index is 0.0601. The van der Waals surface area contributed by atoms with Crippen molar-refractivity contribution in [1.82, 2.24) is 9.88 Å². The number of methoxy groups -OCH3 is 1. The molecule has 1 fully saturated rings. The Hall–Kier alpha value is -2.45. The van der Waals surface area contributed by atoms with Crippen LogP contribution in [0.5, 0.6) is 5.75 Å². The molecule has 0 radical (unpaired) electrons. The van der Waals surface area contributed by atoms with E-state index in [1.54, 1.807) is 43.6 Å². The fourth-order valence-corrected chi connectivity index (χ4v) is 3.40. The molecule has 0 spiro atoms. The van der Waals surface area contributed by atoms with Crippen molar-refractivity contribution in [3.05, 3.63) is 47.1 Å². The SMILES string of the molecule is COc1ccc(NC(=O)CN2CCCC(C(=O)Nc3ccc(Br)cn3)C2)cc1. The number of halogens is 1. The third kappa shape index (κ3) is 5.77. The maximum Gasteiger partial charge on any atom is 0.238 e. The maximum absolute atomic E-state index is 12.5. The molecule has 8 heteroatoms. The Bertz CT molecular complexity index is 811. The van der Waals surface area contributed by atoms with Gasteiger partial charge in [0.05, 0.1) is 19.6 Å². The molecule has 1 aliphatic rings. The van der Waals surface area contributed by atoms with Crippen LogP contribution < -0.4 is 15.4 Å². The van der Waals surface area contributed by atoms with Crippen molar-refractivity contribution in [2.75, 3.05) is 37.4 Å². The molecule has 1 unspecified atom stereocenters. The monoisotopic (exact) mass is 446 g/mol. The second-order valence-corrected chi connectivity index (χ2v) is 7.62. The lowest BCUT2D eigenvalue weighted by molar-refractivity contribution is -0.123. The third-order valence-electron chi connectivity index (χ3n) is 4.60. The minimum Gasteiger partial charge on any atom is -0.497 e. The van der Waals surface area contributed by atoms with E-state index in [2.05, 4.69) is 31.5 Å². The molecule has 0 bridgehead atoms. The van der Waals surface area contributed by atoms with Crippen LogP contribution in [0, 0.1) is 5.92 Å². The van der Waals surface area contributed by atoms with Crippen LogP contribution in [0.1, 0.15) is 12.8 Å². The molecular weight excluding hydrogens is 424 g/mol. The zero-order valence-corrected chi connectivity index (χ0v) is 17.2. The predicted molar refractivity (Wildman–Crippen MR) is 111 cm³/mol. The van der Waals surface area contributed by atoms with Crippen LogP contribution >= 0.6 is 15.9 Å². The average Bonchev–Trinajstić information content (AvgIpc) is 2.70. The quantitative estimate of drug-likeness (QED) is 0.711. The number of likely N-dealkylation sites (tertiary alicyclic amines) is 1. The fraction of sp³-hybridized carbons (Fsp3) is 0.350. The molecule has 2 N–H and O–H groups in total. The van der Waals surface area contributed by atoms with E-state index in [1.165, 1.54) is 0 Å². The Morgan fingerprint density at radius 1 is 1.21 bits per heavy atom. The molecule has 2 amide bonds. The number of carbonyl (C=O) groups excluding carboxylic acids is 2. The molecule has 3 rings (SSSR count). The van der Waals surface area contributed by atoms with E-state index in [0.717, 1.165) is 35.3 Å². The van der Waals surface area contributed by atoms with Gasteiger partial charge in [-0.1, -0.05) is 0 Å². The molecule has 1 aliphatic heterocycles. The topological polar surface area (TPSA) is 83.6 Å². The van der Waals surface area contributed by atoms with E-state index in [9.17, 15) is 9.59 Å². The normalized spacial score (nSPS) is 17.0. The molecule has 148 valence electrons. The number of benzene rings is 1. The highest BCUT2D eigenvalue weighted by Gasteiger charge is 2.27. The van der Waals surface area contributed by atoms with E-state index in [0.29, 0.717) is 12.4 Å². The Morgan fingerprint density at radius 2 is 2.00 bits per heavy atom. The first kappa shape index (κ1) is 20.3. The lowest BCUT2D eigenvalue weighted by Crippen LogP contribution is -2.44. The van der Waals surface area contributed by atoms with Crippen LogP contribution in [0.25, 0.3) is 0 Å². The number of carbonyl (C=O) groups is 2. The van der Waals surface area contributed by atoms with Gasteiger partial charge in [0.25, 0.3) is 0 Å². The molecule has 0 saturated carbocycles. The van der Waals surface area contributed by atoms with E-state index in [1.807, 2.05) is 11.0 Å². The average molecular weight is 447 g/mol. The van der Waals surface area contributed by atoms with Gasteiger partial charge >= 0.3 is 0 Å². The van der Waals surface area contributed by atoms with Crippen LogP contribution in [0.4, 0.5) is 11.5 Å². The van der Waals surface area contributed by atoms with Crippen molar-refractivity contribution in [1.29, 1.82) is 0 Å².